The van der Waals surface area contributed by atoms with Gasteiger partial charge >= 0.3 is 11.9 Å². The molecule has 12 heteroatoms. The Hall–Kier alpha value is -3.16. The lowest BCUT2D eigenvalue weighted by atomic mass is 9.72. The largest absolute Gasteiger partial charge is 0.507 e. The number of benzene rings is 1. The van der Waals surface area contributed by atoms with Gasteiger partial charge in [0.15, 0.2) is 30.1 Å². The molecule has 3 fully saturated rings. The SMILES string of the molecule is CC(=O)OC1CC(C)OC2(OC3CC(=O)OC3C3=C2C(=O)c2c(O)cccc2C3=O)C1O[C@H]1CC[C@H](N(C)C)[C@@H](C)O1. The van der Waals surface area contributed by atoms with Gasteiger partial charge in [-0.3, -0.25) is 19.2 Å². The van der Waals surface area contributed by atoms with E-state index in [-0.39, 0.29) is 47.3 Å². The molecule has 42 heavy (non-hydrogen) atoms. The van der Waals surface area contributed by atoms with Crippen LogP contribution in [0.4, 0.5) is 0 Å². The smallest absolute Gasteiger partial charge is 0.309 e. The maximum atomic E-state index is 14.3. The number of ether oxygens (including phenoxy) is 6. The molecule has 0 amide bonds. The summed E-state index contributed by atoms with van der Waals surface area (Å²) >= 11 is 0. The molecular formula is C30H35NO11. The van der Waals surface area contributed by atoms with E-state index in [0.717, 1.165) is 6.42 Å². The number of rotatable bonds is 4. The Labute approximate surface area is 242 Å². The Morgan fingerprint density at radius 3 is 2.55 bits per heavy atom. The van der Waals surface area contributed by atoms with Gasteiger partial charge in [0.2, 0.25) is 5.79 Å². The third kappa shape index (κ3) is 4.56. The summed E-state index contributed by atoms with van der Waals surface area (Å²) in [6.45, 7) is 4.92. The second kappa shape index (κ2) is 10.5. The van der Waals surface area contributed by atoms with Gasteiger partial charge in [0.05, 0.1) is 35.3 Å². The molecule has 0 aromatic heterocycles. The average Bonchev–Trinajstić information content (AvgIpc) is 3.27. The highest BCUT2D eigenvalue weighted by Gasteiger charge is 2.66. The van der Waals surface area contributed by atoms with Crippen LogP contribution in [0.1, 0.15) is 67.2 Å². The first-order valence-corrected chi connectivity index (χ1v) is 14.3. The molecule has 1 aromatic carbocycles. The van der Waals surface area contributed by atoms with E-state index in [1.54, 1.807) is 6.92 Å². The zero-order chi connectivity index (χ0) is 30.1. The van der Waals surface area contributed by atoms with Crippen molar-refractivity contribution < 1.29 is 52.7 Å². The molecule has 1 spiro atoms. The average molecular weight is 586 g/mol. The van der Waals surface area contributed by atoms with Crippen LogP contribution < -0.4 is 0 Å². The van der Waals surface area contributed by atoms with Crippen molar-refractivity contribution in [2.45, 2.75) is 101 Å². The number of Topliss-reactive ketones (excluding diaryl/α,β-unsaturated/α-hetero) is 2. The summed E-state index contributed by atoms with van der Waals surface area (Å²) in [4.78, 5) is 55.2. The molecule has 12 nitrogen and oxygen atoms in total. The van der Waals surface area contributed by atoms with Gasteiger partial charge in [0.25, 0.3) is 0 Å². The van der Waals surface area contributed by atoms with Crippen molar-refractivity contribution in [1.29, 1.82) is 0 Å². The summed E-state index contributed by atoms with van der Waals surface area (Å²) in [6.07, 6.45) is -4.76. The lowest BCUT2D eigenvalue weighted by molar-refractivity contribution is -0.369. The number of nitrogens with zero attached hydrogens (tertiary/aromatic N) is 1. The Kier molecular flexibility index (Phi) is 7.25. The third-order valence-electron chi connectivity index (χ3n) is 8.72. The van der Waals surface area contributed by atoms with Gasteiger partial charge in [-0.15, -0.1) is 0 Å². The molecule has 0 radical (unpaired) electrons. The quantitative estimate of drug-likeness (QED) is 0.516. The van der Waals surface area contributed by atoms with E-state index < -0.39 is 71.9 Å². The Morgan fingerprint density at radius 1 is 1.10 bits per heavy atom. The minimum absolute atomic E-state index is 0.0190. The number of fused-ring (bicyclic) bond motifs is 4. The molecule has 4 heterocycles. The van der Waals surface area contributed by atoms with Crippen molar-refractivity contribution in [3.05, 3.63) is 40.5 Å². The van der Waals surface area contributed by atoms with Crippen LogP contribution >= 0.6 is 0 Å². The first kappa shape index (κ1) is 28.9. The van der Waals surface area contributed by atoms with Crippen LogP contribution in [0.15, 0.2) is 29.3 Å². The topological polar surface area (TPSA) is 147 Å². The van der Waals surface area contributed by atoms with Crippen molar-refractivity contribution in [1.82, 2.24) is 4.90 Å². The Bertz CT molecular complexity index is 1370. The summed E-state index contributed by atoms with van der Waals surface area (Å²) in [5.74, 6) is -4.99. The van der Waals surface area contributed by atoms with Crippen molar-refractivity contribution in [2.24, 2.45) is 0 Å². The van der Waals surface area contributed by atoms with E-state index in [1.165, 1.54) is 25.1 Å². The second-order valence-electron chi connectivity index (χ2n) is 11.8. The van der Waals surface area contributed by atoms with Crippen LogP contribution in [0.2, 0.25) is 0 Å². The first-order valence-electron chi connectivity index (χ1n) is 14.3. The number of aromatic hydroxyl groups is 1. The van der Waals surface area contributed by atoms with Crippen LogP contribution in [0.25, 0.3) is 0 Å². The monoisotopic (exact) mass is 585 g/mol. The van der Waals surface area contributed by atoms with Crippen molar-refractivity contribution in [3.8, 4) is 5.75 Å². The van der Waals surface area contributed by atoms with Crippen LogP contribution in [0.5, 0.6) is 5.75 Å². The molecule has 3 saturated heterocycles. The number of ketones is 2. The first-order chi connectivity index (χ1) is 19.9. The van der Waals surface area contributed by atoms with E-state index in [4.69, 9.17) is 28.4 Å². The zero-order valence-corrected chi connectivity index (χ0v) is 24.2. The molecule has 1 aromatic rings. The standard InChI is InChI=1S/C30H35NO11/c1-13-11-20(38-15(3)32)29(40-22-10-9-17(31(4)5)14(2)37-22)30(41-13)25-24(28-19(42-30)12-21(34)39-28)26(35)16-7-6-8-18(33)23(16)27(25)36/h6-8,13-14,17,19-20,22,28-29,33H,9-12H2,1-5H3/t13?,14-,17+,19?,20?,22+,28?,29?,30?/m1/s1. The molecule has 9 atom stereocenters. The van der Waals surface area contributed by atoms with E-state index in [9.17, 15) is 24.3 Å². The Balaban J connectivity index is 1.50. The van der Waals surface area contributed by atoms with Gasteiger partial charge < -0.3 is 38.4 Å². The number of phenols is 1. The number of hydrogen-bond donors (Lipinski definition) is 1. The van der Waals surface area contributed by atoms with E-state index in [0.29, 0.717) is 6.42 Å². The number of carbonyl (C=O) groups is 4. The third-order valence-corrected chi connectivity index (χ3v) is 8.72. The van der Waals surface area contributed by atoms with Gasteiger partial charge in [0, 0.05) is 24.9 Å². The molecule has 5 aliphatic rings. The molecule has 4 aliphatic heterocycles. The highest BCUT2D eigenvalue weighted by molar-refractivity contribution is 6.29. The molecule has 226 valence electrons. The van der Waals surface area contributed by atoms with Crippen molar-refractivity contribution in [3.63, 3.8) is 0 Å². The number of esters is 2. The van der Waals surface area contributed by atoms with Gasteiger partial charge in [-0.2, -0.15) is 0 Å². The molecule has 1 N–H and O–H groups in total. The molecule has 1 aliphatic carbocycles. The fourth-order valence-electron chi connectivity index (χ4n) is 7.05. The van der Waals surface area contributed by atoms with Gasteiger partial charge in [-0.1, -0.05) is 12.1 Å². The molecule has 6 unspecified atom stereocenters. The van der Waals surface area contributed by atoms with E-state index in [2.05, 4.69) is 4.90 Å². The molecule has 0 bridgehead atoms. The number of phenolic OH excluding ortho intramolecular Hbond substituents is 1. The van der Waals surface area contributed by atoms with Crippen molar-refractivity contribution in [2.75, 3.05) is 14.1 Å². The Morgan fingerprint density at radius 2 is 1.86 bits per heavy atom. The number of hydrogen-bond acceptors (Lipinski definition) is 12. The summed E-state index contributed by atoms with van der Waals surface area (Å²) in [6, 6.07) is 4.35. The van der Waals surface area contributed by atoms with Crippen LogP contribution in [-0.4, -0.2) is 102 Å². The van der Waals surface area contributed by atoms with Gasteiger partial charge in [0.1, 0.15) is 18.0 Å². The van der Waals surface area contributed by atoms with Gasteiger partial charge in [-0.05, 0) is 46.9 Å². The lowest BCUT2D eigenvalue weighted by Gasteiger charge is -2.54. The zero-order valence-electron chi connectivity index (χ0n) is 24.2. The predicted molar refractivity (Wildman–Crippen MR) is 143 cm³/mol. The minimum Gasteiger partial charge on any atom is -0.507 e. The predicted octanol–water partition coefficient (Wildman–Crippen LogP) is 2.06. The van der Waals surface area contributed by atoms with Crippen LogP contribution in [0, 0.1) is 0 Å². The number of likely N-dealkylation sites (N-methyl/N-ethyl adjacent to an activating group) is 1. The van der Waals surface area contributed by atoms with Gasteiger partial charge in [-0.25, -0.2) is 0 Å². The second-order valence-corrected chi connectivity index (χ2v) is 11.8. The van der Waals surface area contributed by atoms with Crippen molar-refractivity contribution >= 4 is 23.5 Å². The highest BCUT2D eigenvalue weighted by atomic mass is 16.8. The summed E-state index contributed by atoms with van der Waals surface area (Å²) in [5, 5.41) is 10.7. The summed E-state index contributed by atoms with van der Waals surface area (Å²) < 4.78 is 37.0. The molecule has 6 rings (SSSR count). The van der Waals surface area contributed by atoms with Crippen LogP contribution in [-0.2, 0) is 38.0 Å². The minimum atomic E-state index is -2.08. The maximum absolute atomic E-state index is 14.3. The maximum Gasteiger partial charge on any atom is 0.309 e. The molecule has 0 saturated carbocycles. The summed E-state index contributed by atoms with van der Waals surface area (Å²) in [5.41, 5.74) is -0.557. The summed E-state index contributed by atoms with van der Waals surface area (Å²) in [7, 11) is 3.94. The van der Waals surface area contributed by atoms with E-state index >= 15 is 0 Å². The normalized spacial score (nSPS) is 37.8. The molecular weight excluding hydrogens is 550 g/mol. The number of carbonyl (C=O) groups excluding carboxylic acids is 4. The highest BCUT2D eigenvalue weighted by Crippen LogP contribution is 2.52. The van der Waals surface area contributed by atoms with E-state index in [1.807, 2.05) is 21.0 Å². The lowest BCUT2D eigenvalue weighted by Crippen LogP contribution is -2.68. The fraction of sp³-hybridized carbons (Fsp3) is 0.600. The van der Waals surface area contributed by atoms with Crippen LogP contribution in [0.3, 0.4) is 0 Å². The fourth-order valence-corrected chi connectivity index (χ4v) is 7.05.